The average Bonchev–Trinajstić information content (AvgIpc) is 2.39. The van der Waals surface area contributed by atoms with Gasteiger partial charge in [0.15, 0.2) is 0 Å². The fraction of sp³-hybridized carbons (Fsp3) is 0.571. The topological polar surface area (TPSA) is 38.0 Å². The lowest BCUT2D eigenvalue weighted by Crippen LogP contribution is -2.33. The maximum absolute atomic E-state index is 6.33. The summed E-state index contributed by atoms with van der Waals surface area (Å²) in [6.45, 7) is 4.42. The van der Waals surface area contributed by atoms with E-state index in [2.05, 4.69) is 36.5 Å². The first kappa shape index (κ1) is 11.6. The molecule has 0 spiro atoms. The molecule has 1 heterocycles. The Labute approximate surface area is 98.2 Å². The molecule has 2 rings (SSSR count). The van der Waals surface area contributed by atoms with Crippen LogP contribution in [0.2, 0.25) is 0 Å². The molecule has 0 saturated carbocycles. The summed E-state index contributed by atoms with van der Waals surface area (Å²) in [5.74, 6) is 0.647. The zero-order valence-corrected chi connectivity index (χ0v) is 10.1. The molecule has 1 aliphatic rings. The van der Waals surface area contributed by atoms with Gasteiger partial charge in [0.2, 0.25) is 0 Å². The second-order valence-corrected chi connectivity index (χ2v) is 4.71. The van der Waals surface area contributed by atoms with Gasteiger partial charge in [-0.3, -0.25) is 0 Å². The summed E-state index contributed by atoms with van der Waals surface area (Å²) in [6.07, 6.45) is 3.51. The van der Waals surface area contributed by atoms with Crippen molar-refractivity contribution in [3.8, 4) is 0 Å². The first-order valence-corrected chi connectivity index (χ1v) is 6.36. The molecule has 1 atom stereocenters. The monoisotopic (exact) mass is 218 g/mol. The van der Waals surface area contributed by atoms with Crippen molar-refractivity contribution in [2.24, 2.45) is 11.7 Å². The highest BCUT2D eigenvalue weighted by Crippen LogP contribution is 2.26. The SMILES string of the molecule is CCc1ccc(C(N)C2CCNCC2)cc1. The largest absolute Gasteiger partial charge is 0.324 e. The molecule has 1 aromatic carbocycles. The van der Waals surface area contributed by atoms with Crippen LogP contribution in [0.5, 0.6) is 0 Å². The van der Waals surface area contributed by atoms with Crippen molar-refractivity contribution in [2.45, 2.75) is 32.2 Å². The molecule has 16 heavy (non-hydrogen) atoms. The Bertz CT molecular complexity index is 312. The Morgan fingerprint density at radius 3 is 2.44 bits per heavy atom. The van der Waals surface area contributed by atoms with E-state index in [1.807, 2.05) is 0 Å². The number of hydrogen-bond donors (Lipinski definition) is 2. The van der Waals surface area contributed by atoms with E-state index in [9.17, 15) is 0 Å². The zero-order chi connectivity index (χ0) is 11.4. The second-order valence-electron chi connectivity index (χ2n) is 4.71. The molecule has 1 aliphatic heterocycles. The van der Waals surface area contributed by atoms with Gasteiger partial charge in [-0.15, -0.1) is 0 Å². The number of aryl methyl sites for hydroxylation is 1. The van der Waals surface area contributed by atoms with E-state index in [4.69, 9.17) is 5.73 Å². The van der Waals surface area contributed by atoms with Crippen molar-refractivity contribution in [3.05, 3.63) is 35.4 Å². The molecule has 1 fully saturated rings. The molecule has 0 radical (unpaired) electrons. The van der Waals surface area contributed by atoms with Gasteiger partial charge in [-0.2, -0.15) is 0 Å². The fourth-order valence-electron chi connectivity index (χ4n) is 2.45. The number of nitrogens with two attached hydrogens (primary N) is 1. The molecule has 88 valence electrons. The Balaban J connectivity index is 2.04. The van der Waals surface area contributed by atoms with Gasteiger partial charge >= 0.3 is 0 Å². The molecule has 1 aromatic rings. The van der Waals surface area contributed by atoms with E-state index in [0.29, 0.717) is 5.92 Å². The minimum absolute atomic E-state index is 0.216. The van der Waals surface area contributed by atoms with Crippen LogP contribution < -0.4 is 11.1 Å². The summed E-state index contributed by atoms with van der Waals surface area (Å²) < 4.78 is 0. The Morgan fingerprint density at radius 2 is 1.88 bits per heavy atom. The van der Waals surface area contributed by atoms with Crippen LogP contribution in [0, 0.1) is 5.92 Å². The quantitative estimate of drug-likeness (QED) is 0.816. The molecule has 1 saturated heterocycles. The molecule has 2 heteroatoms. The number of piperidine rings is 1. The van der Waals surface area contributed by atoms with Gasteiger partial charge in [-0.25, -0.2) is 0 Å². The van der Waals surface area contributed by atoms with Crippen LogP contribution in [0.15, 0.2) is 24.3 Å². The lowest BCUT2D eigenvalue weighted by atomic mass is 9.86. The molecule has 0 aliphatic carbocycles. The van der Waals surface area contributed by atoms with E-state index in [-0.39, 0.29) is 6.04 Å². The Hall–Kier alpha value is -0.860. The third kappa shape index (κ3) is 2.63. The lowest BCUT2D eigenvalue weighted by molar-refractivity contribution is 0.322. The summed E-state index contributed by atoms with van der Waals surface area (Å²) >= 11 is 0. The van der Waals surface area contributed by atoms with Gasteiger partial charge in [0.05, 0.1) is 0 Å². The van der Waals surface area contributed by atoms with Gasteiger partial charge in [0.25, 0.3) is 0 Å². The highest BCUT2D eigenvalue weighted by Gasteiger charge is 2.21. The van der Waals surface area contributed by atoms with E-state index >= 15 is 0 Å². The zero-order valence-electron chi connectivity index (χ0n) is 10.1. The number of hydrogen-bond acceptors (Lipinski definition) is 2. The molecule has 3 N–H and O–H groups in total. The predicted molar refractivity (Wildman–Crippen MR) is 68.3 cm³/mol. The fourth-order valence-corrected chi connectivity index (χ4v) is 2.45. The van der Waals surface area contributed by atoms with Crippen molar-refractivity contribution in [1.82, 2.24) is 5.32 Å². The van der Waals surface area contributed by atoms with E-state index in [1.165, 1.54) is 24.0 Å². The van der Waals surface area contributed by atoms with E-state index in [0.717, 1.165) is 19.5 Å². The normalized spacial score (nSPS) is 19.6. The summed E-state index contributed by atoms with van der Waals surface area (Å²) in [5, 5.41) is 3.38. The highest BCUT2D eigenvalue weighted by atomic mass is 14.9. The molecule has 2 nitrogen and oxygen atoms in total. The lowest BCUT2D eigenvalue weighted by Gasteiger charge is -2.28. The second kappa shape index (κ2) is 5.46. The molecular formula is C14H22N2. The minimum Gasteiger partial charge on any atom is -0.324 e. The summed E-state index contributed by atoms with van der Waals surface area (Å²) in [6, 6.07) is 9.02. The van der Waals surface area contributed by atoms with Crippen LogP contribution in [0.1, 0.15) is 36.9 Å². The highest BCUT2D eigenvalue weighted by molar-refractivity contribution is 5.25. The first-order chi connectivity index (χ1) is 7.81. The van der Waals surface area contributed by atoms with E-state index < -0.39 is 0 Å². The molecule has 0 bridgehead atoms. The molecule has 0 amide bonds. The van der Waals surface area contributed by atoms with Gasteiger partial charge in [0, 0.05) is 6.04 Å². The van der Waals surface area contributed by atoms with Crippen LogP contribution in [0.25, 0.3) is 0 Å². The maximum Gasteiger partial charge on any atom is 0.0324 e. The minimum atomic E-state index is 0.216. The smallest absolute Gasteiger partial charge is 0.0324 e. The number of rotatable bonds is 3. The van der Waals surface area contributed by atoms with Crippen LogP contribution in [-0.2, 0) is 6.42 Å². The number of nitrogens with one attached hydrogen (secondary N) is 1. The molecule has 1 unspecified atom stereocenters. The Morgan fingerprint density at radius 1 is 1.25 bits per heavy atom. The van der Waals surface area contributed by atoms with E-state index in [1.54, 1.807) is 0 Å². The predicted octanol–water partition coefficient (Wildman–Crippen LogP) is 2.25. The van der Waals surface area contributed by atoms with Crippen LogP contribution in [0.3, 0.4) is 0 Å². The molecular weight excluding hydrogens is 196 g/mol. The Kier molecular flexibility index (Phi) is 3.97. The van der Waals surface area contributed by atoms with Crippen molar-refractivity contribution in [1.29, 1.82) is 0 Å². The van der Waals surface area contributed by atoms with Gasteiger partial charge in [-0.05, 0) is 49.4 Å². The summed E-state index contributed by atoms with van der Waals surface area (Å²) in [7, 11) is 0. The van der Waals surface area contributed by atoms with Crippen LogP contribution >= 0.6 is 0 Å². The van der Waals surface area contributed by atoms with Crippen LogP contribution in [-0.4, -0.2) is 13.1 Å². The summed E-state index contributed by atoms with van der Waals surface area (Å²) in [4.78, 5) is 0. The molecule has 0 aromatic heterocycles. The van der Waals surface area contributed by atoms with Crippen molar-refractivity contribution in [3.63, 3.8) is 0 Å². The average molecular weight is 218 g/mol. The maximum atomic E-state index is 6.33. The first-order valence-electron chi connectivity index (χ1n) is 6.36. The number of benzene rings is 1. The summed E-state index contributed by atoms with van der Waals surface area (Å²) in [5.41, 5.74) is 9.02. The van der Waals surface area contributed by atoms with Crippen molar-refractivity contribution in [2.75, 3.05) is 13.1 Å². The van der Waals surface area contributed by atoms with Crippen LogP contribution in [0.4, 0.5) is 0 Å². The van der Waals surface area contributed by atoms with Gasteiger partial charge < -0.3 is 11.1 Å². The van der Waals surface area contributed by atoms with Crippen molar-refractivity contribution < 1.29 is 0 Å². The van der Waals surface area contributed by atoms with Gasteiger partial charge in [0.1, 0.15) is 0 Å². The third-order valence-electron chi connectivity index (χ3n) is 3.66. The third-order valence-corrected chi connectivity index (χ3v) is 3.66. The van der Waals surface area contributed by atoms with Crippen molar-refractivity contribution >= 4 is 0 Å². The standard InChI is InChI=1S/C14H22N2/c1-2-11-3-5-12(6-4-11)14(15)13-7-9-16-10-8-13/h3-6,13-14,16H,2,7-10,15H2,1H3. The van der Waals surface area contributed by atoms with Gasteiger partial charge in [-0.1, -0.05) is 31.2 Å².